The third-order valence-corrected chi connectivity index (χ3v) is 4.91. The quantitative estimate of drug-likeness (QED) is 0.718. The van der Waals surface area contributed by atoms with Crippen molar-refractivity contribution in [2.75, 3.05) is 0 Å². The number of ether oxygens (including phenoxy) is 1. The van der Waals surface area contributed by atoms with Gasteiger partial charge in [0.15, 0.2) is 6.10 Å². The monoisotopic (exact) mass is 367 g/mol. The van der Waals surface area contributed by atoms with Gasteiger partial charge in [-0.2, -0.15) is 0 Å². The van der Waals surface area contributed by atoms with Crippen molar-refractivity contribution in [1.29, 1.82) is 0 Å². The minimum atomic E-state index is -0.498. The number of nitrogens with one attached hydrogen (secondary N) is 1. The molecule has 0 saturated heterocycles. The Bertz CT molecular complexity index is 772. The van der Waals surface area contributed by atoms with Crippen molar-refractivity contribution in [3.63, 3.8) is 0 Å². The molecule has 1 amide bonds. The van der Waals surface area contributed by atoms with Crippen LogP contribution in [0.1, 0.15) is 69.3 Å². The first-order valence-electron chi connectivity index (χ1n) is 9.76. The third-order valence-electron chi connectivity index (χ3n) is 4.91. The van der Waals surface area contributed by atoms with Crippen molar-refractivity contribution in [1.82, 2.24) is 5.32 Å². The van der Waals surface area contributed by atoms with Crippen LogP contribution in [0.25, 0.3) is 0 Å². The molecule has 0 fully saturated rings. The van der Waals surface area contributed by atoms with E-state index >= 15 is 0 Å². The average molecular weight is 368 g/mol. The van der Waals surface area contributed by atoms with Crippen LogP contribution in [-0.4, -0.2) is 12.0 Å². The van der Waals surface area contributed by atoms with Gasteiger partial charge >= 0.3 is 0 Å². The molecule has 0 radical (unpaired) electrons. The highest BCUT2D eigenvalue weighted by Crippen LogP contribution is 2.25. The Morgan fingerprint density at radius 1 is 1.07 bits per heavy atom. The topological polar surface area (TPSA) is 38.3 Å². The SMILES string of the molecule is CCC(Oc1cc(C)ccc1C)C(=O)NC(C)c1ccc(C(C)(C)C)cc1. The summed E-state index contributed by atoms with van der Waals surface area (Å²) in [5.74, 6) is 0.699. The van der Waals surface area contributed by atoms with E-state index in [0.29, 0.717) is 6.42 Å². The standard InChI is InChI=1S/C24H33NO2/c1-8-21(27-22-15-16(2)9-10-17(22)3)23(26)25-18(4)19-11-13-20(14-12-19)24(5,6)7/h9-15,18,21H,8H2,1-7H3,(H,25,26). The summed E-state index contributed by atoms with van der Waals surface area (Å²) in [6.45, 7) is 14.6. The summed E-state index contributed by atoms with van der Waals surface area (Å²) in [5, 5.41) is 3.10. The normalized spacial score (nSPS) is 13.7. The van der Waals surface area contributed by atoms with Gasteiger partial charge in [0, 0.05) is 0 Å². The van der Waals surface area contributed by atoms with Crippen molar-refractivity contribution >= 4 is 5.91 Å². The molecule has 146 valence electrons. The second kappa shape index (κ2) is 8.60. The van der Waals surface area contributed by atoms with Crippen LogP contribution in [0.3, 0.4) is 0 Å². The summed E-state index contributed by atoms with van der Waals surface area (Å²) < 4.78 is 6.03. The summed E-state index contributed by atoms with van der Waals surface area (Å²) in [6, 6.07) is 14.5. The zero-order valence-electron chi connectivity index (χ0n) is 17.7. The number of hydrogen-bond donors (Lipinski definition) is 1. The Hall–Kier alpha value is -2.29. The second-order valence-electron chi connectivity index (χ2n) is 8.39. The van der Waals surface area contributed by atoms with Crippen LogP contribution in [0.4, 0.5) is 0 Å². The summed E-state index contributed by atoms with van der Waals surface area (Å²) in [4.78, 5) is 12.7. The Morgan fingerprint density at radius 2 is 1.70 bits per heavy atom. The Labute approximate surface area is 164 Å². The first-order valence-corrected chi connectivity index (χ1v) is 9.76. The summed E-state index contributed by atoms with van der Waals surface area (Å²) in [5.41, 5.74) is 4.67. The molecule has 2 rings (SSSR count). The first-order chi connectivity index (χ1) is 12.6. The maximum absolute atomic E-state index is 12.7. The Balaban J connectivity index is 2.06. The predicted octanol–water partition coefficient (Wildman–Crippen LogP) is 5.64. The lowest BCUT2D eigenvalue weighted by atomic mass is 9.86. The molecule has 1 N–H and O–H groups in total. The molecule has 3 nitrogen and oxygen atoms in total. The van der Waals surface area contributed by atoms with Gasteiger partial charge in [-0.25, -0.2) is 0 Å². The number of carbonyl (C=O) groups excluding carboxylic acids is 1. The van der Waals surface area contributed by atoms with Crippen molar-refractivity contribution in [2.45, 2.75) is 72.4 Å². The highest BCUT2D eigenvalue weighted by molar-refractivity contribution is 5.81. The number of benzene rings is 2. The maximum atomic E-state index is 12.7. The van der Waals surface area contributed by atoms with E-state index in [4.69, 9.17) is 4.74 Å². The summed E-state index contributed by atoms with van der Waals surface area (Å²) in [6.07, 6.45) is 0.122. The van der Waals surface area contributed by atoms with E-state index in [2.05, 4.69) is 50.4 Å². The first kappa shape index (κ1) is 21.0. The molecular weight excluding hydrogens is 334 g/mol. The van der Waals surface area contributed by atoms with E-state index in [0.717, 1.165) is 22.4 Å². The zero-order valence-corrected chi connectivity index (χ0v) is 17.7. The van der Waals surface area contributed by atoms with Crippen molar-refractivity contribution in [2.24, 2.45) is 0 Å². The lowest BCUT2D eigenvalue weighted by Crippen LogP contribution is -2.39. The lowest BCUT2D eigenvalue weighted by molar-refractivity contribution is -0.128. The fourth-order valence-electron chi connectivity index (χ4n) is 2.97. The van der Waals surface area contributed by atoms with Gasteiger partial charge in [-0.1, -0.05) is 64.1 Å². The molecule has 2 atom stereocenters. The van der Waals surface area contributed by atoms with Gasteiger partial charge in [0.2, 0.25) is 0 Å². The molecule has 0 aliphatic rings. The maximum Gasteiger partial charge on any atom is 0.261 e. The number of hydrogen-bond acceptors (Lipinski definition) is 2. The third kappa shape index (κ3) is 5.59. The van der Waals surface area contributed by atoms with E-state index in [1.165, 1.54) is 5.56 Å². The van der Waals surface area contributed by atoms with Crippen LogP contribution >= 0.6 is 0 Å². The Morgan fingerprint density at radius 3 is 2.26 bits per heavy atom. The van der Waals surface area contributed by atoms with Gasteiger partial charge in [0.05, 0.1) is 6.04 Å². The zero-order chi connectivity index (χ0) is 20.2. The van der Waals surface area contributed by atoms with Crippen LogP contribution in [-0.2, 0) is 10.2 Å². The van der Waals surface area contributed by atoms with Crippen molar-refractivity contribution in [3.05, 3.63) is 64.7 Å². The molecular formula is C24H33NO2. The fraction of sp³-hybridized carbons (Fsp3) is 0.458. The van der Waals surface area contributed by atoms with Gasteiger partial charge < -0.3 is 10.1 Å². The molecule has 2 unspecified atom stereocenters. The second-order valence-corrected chi connectivity index (χ2v) is 8.39. The van der Waals surface area contributed by atoms with E-state index < -0.39 is 6.10 Å². The largest absolute Gasteiger partial charge is 0.480 e. The van der Waals surface area contributed by atoms with E-state index in [9.17, 15) is 4.79 Å². The smallest absolute Gasteiger partial charge is 0.261 e. The minimum absolute atomic E-state index is 0.0669. The predicted molar refractivity (Wildman–Crippen MR) is 112 cm³/mol. The summed E-state index contributed by atoms with van der Waals surface area (Å²) >= 11 is 0. The van der Waals surface area contributed by atoms with Crippen molar-refractivity contribution in [3.8, 4) is 5.75 Å². The van der Waals surface area contributed by atoms with Gasteiger partial charge in [-0.05, 0) is 60.9 Å². The Kier molecular flexibility index (Phi) is 6.69. The van der Waals surface area contributed by atoms with Crippen molar-refractivity contribution < 1.29 is 9.53 Å². The average Bonchev–Trinajstić information content (AvgIpc) is 2.61. The molecule has 0 spiro atoms. The molecule has 0 aliphatic heterocycles. The highest BCUT2D eigenvalue weighted by Gasteiger charge is 2.22. The van der Waals surface area contributed by atoms with Crippen LogP contribution in [0.15, 0.2) is 42.5 Å². The van der Waals surface area contributed by atoms with Gasteiger partial charge in [-0.3, -0.25) is 4.79 Å². The molecule has 0 saturated carbocycles. The van der Waals surface area contributed by atoms with Crippen LogP contribution < -0.4 is 10.1 Å². The van der Waals surface area contributed by atoms with E-state index in [1.807, 2.05) is 45.9 Å². The number of amides is 1. The minimum Gasteiger partial charge on any atom is -0.480 e. The number of rotatable bonds is 6. The molecule has 0 heterocycles. The van der Waals surface area contributed by atoms with Gasteiger partial charge in [0.1, 0.15) is 5.75 Å². The lowest BCUT2D eigenvalue weighted by Gasteiger charge is -2.23. The van der Waals surface area contributed by atoms with Gasteiger partial charge in [0.25, 0.3) is 5.91 Å². The van der Waals surface area contributed by atoms with Crippen LogP contribution in [0.2, 0.25) is 0 Å². The molecule has 2 aromatic rings. The molecule has 27 heavy (non-hydrogen) atoms. The number of aryl methyl sites for hydroxylation is 2. The van der Waals surface area contributed by atoms with Crippen LogP contribution in [0, 0.1) is 13.8 Å². The summed E-state index contributed by atoms with van der Waals surface area (Å²) in [7, 11) is 0. The molecule has 2 aromatic carbocycles. The molecule has 0 aromatic heterocycles. The molecule has 0 bridgehead atoms. The molecule has 0 aliphatic carbocycles. The fourth-order valence-corrected chi connectivity index (χ4v) is 2.97. The number of carbonyl (C=O) groups is 1. The van der Waals surface area contributed by atoms with Gasteiger partial charge in [-0.15, -0.1) is 0 Å². The van der Waals surface area contributed by atoms with E-state index in [-0.39, 0.29) is 17.4 Å². The van der Waals surface area contributed by atoms with Crippen LogP contribution in [0.5, 0.6) is 5.75 Å². The highest BCUT2D eigenvalue weighted by atomic mass is 16.5. The van der Waals surface area contributed by atoms with E-state index in [1.54, 1.807) is 0 Å². The molecule has 3 heteroatoms.